The maximum Gasteiger partial charge on any atom is 0.227 e. The Labute approximate surface area is 145 Å². The van der Waals surface area contributed by atoms with Gasteiger partial charge in [-0.15, -0.1) is 0 Å². The van der Waals surface area contributed by atoms with Crippen molar-refractivity contribution in [2.24, 2.45) is 11.3 Å². The van der Waals surface area contributed by atoms with Crippen LogP contribution in [-0.2, 0) is 16.0 Å². The van der Waals surface area contributed by atoms with Crippen LogP contribution in [0.5, 0.6) is 0 Å². The van der Waals surface area contributed by atoms with Crippen molar-refractivity contribution < 1.29 is 9.59 Å². The van der Waals surface area contributed by atoms with E-state index in [2.05, 4.69) is 30.4 Å². The number of carbonyl (C=O) groups excluding carboxylic acids is 2. The van der Waals surface area contributed by atoms with Gasteiger partial charge >= 0.3 is 0 Å². The molecule has 1 fully saturated rings. The zero-order valence-electron chi connectivity index (χ0n) is 15.4. The first-order chi connectivity index (χ1) is 11.3. The van der Waals surface area contributed by atoms with Crippen LogP contribution in [0.25, 0.3) is 0 Å². The molecule has 24 heavy (non-hydrogen) atoms. The number of likely N-dealkylation sites (tertiary alicyclic amines) is 1. The van der Waals surface area contributed by atoms with Crippen molar-refractivity contribution in [1.82, 2.24) is 10.2 Å². The Hall–Kier alpha value is -1.84. The van der Waals surface area contributed by atoms with E-state index in [1.165, 1.54) is 11.1 Å². The quantitative estimate of drug-likeness (QED) is 0.923. The van der Waals surface area contributed by atoms with Gasteiger partial charge in [-0.05, 0) is 31.7 Å². The maximum absolute atomic E-state index is 12.4. The van der Waals surface area contributed by atoms with Crippen molar-refractivity contribution in [3.8, 4) is 0 Å². The number of benzene rings is 1. The second kappa shape index (κ2) is 7.82. The zero-order valence-corrected chi connectivity index (χ0v) is 15.4. The molecule has 1 atom stereocenters. The van der Waals surface area contributed by atoms with Gasteiger partial charge in [0, 0.05) is 25.0 Å². The SMILES string of the molecule is Cc1cccc(CCNC(=O)C2CCCN(C(=O)C(C)(C)C)C2)c1. The Morgan fingerprint density at radius 1 is 1.29 bits per heavy atom. The summed E-state index contributed by atoms with van der Waals surface area (Å²) in [4.78, 5) is 26.7. The lowest BCUT2D eigenvalue weighted by molar-refractivity contribution is -0.142. The van der Waals surface area contributed by atoms with Crippen LogP contribution in [0.1, 0.15) is 44.7 Å². The molecule has 1 aliphatic heterocycles. The molecule has 0 radical (unpaired) electrons. The van der Waals surface area contributed by atoms with E-state index in [0.29, 0.717) is 13.1 Å². The fourth-order valence-corrected chi connectivity index (χ4v) is 3.19. The van der Waals surface area contributed by atoms with Crippen LogP contribution >= 0.6 is 0 Å². The van der Waals surface area contributed by atoms with Crippen LogP contribution < -0.4 is 5.32 Å². The fourth-order valence-electron chi connectivity index (χ4n) is 3.19. The first-order valence-electron chi connectivity index (χ1n) is 8.90. The van der Waals surface area contributed by atoms with Crippen molar-refractivity contribution in [2.45, 2.75) is 47.0 Å². The largest absolute Gasteiger partial charge is 0.355 e. The Bertz CT molecular complexity index is 590. The van der Waals surface area contributed by atoms with E-state index in [1.807, 2.05) is 31.7 Å². The summed E-state index contributed by atoms with van der Waals surface area (Å²) in [5, 5.41) is 3.04. The molecule has 0 bridgehead atoms. The molecule has 4 nitrogen and oxygen atoms in total. The van der Waals surface area contributed by atoms with Crippen molar-refractivity contribution in [1.29, 1.82) is 0 Å². The van der Waals surface area contributed by atoms with Crippen molar-refractivity contribution in [3.05, 3.63) is 35.4 Å². The predicted molar refractivity (Wildman–Crippen MR) is 96.7 cm³/mol. The molecular formula is C20H30N2O2. The summed E-state index contributed by atoms with van der Waals surface area (Å²) in [6.07, 6.45) is 2.60. The average Bonchev–Trinajstić information content (AvgIpc) is 2.53. The molecular weight excluding hydrogens is 300 g/mol. The van der Waals surface area contributed by atoms with Gasteiger partial charge in [0.15, 0.2) is 0 Å². The Morgan fingerprint density at radius 3 is 2.71 bits per heavy atom. The van der Waals surface area contributed by atoms with Crippen LogP contribution in [0.2, 0.25) is 0 Å². The van der Waals surface area contributed by atoms with E-state index in [-0.39, 0.29) is 23.1 Å². The number of rotatable bonds is 4. The van der Waals surface area contributed by atoms with Crippen molar-refractivity contribution in [2.75, 3.05) is 19.6 Å². The summed E-state index contributed by atoms with van der Waals surface area (Å²) < 4.78 is 0. The minimum atomic E-state index is -0.385. The summed E-state index contributed by atoms with van der Waals surface area (Å²) in [7, 11) is 0. The van der Waals surface area contributed by atoms with Gasteiger partial charge in [-0.2, -0.15) is 0 Å². The molecule has 4 heteroatoms. The van der Waals surface area contributed by atoms with Gasteiger partial charge in [0.1, 0.15) is 0 Å². The van der Waals surface area contributed by atoms with Crippen LogP contribution in [0, 0.1) is 18.3 Å². The Kier molecular flexibility index (Phi) is 6.03. The number of piperidine rings is 1. The van der Waals surface area contributed by atoms with E-state index in [0.717, 1.165) is 25.8 Å². The van der Waals surface area contributed by atoms with E-state index < -0.39 is 0 Å². The van der Waals surface area contributed by atoms with Crippen LogP contribution in [0.15, 0.2) is 24.3 Å². The molecule has 0 aromatic heterocycles. The molecule has 0 aliphatic carbocycles. The first-order valence-corrected chi connectivity index (χ1v) is 8.90. The third kappa shape index (κ3) is 5.08. The third-order valence-corrected chi connectivity index (χ3v) is 4.52. The van der Waals surface area contributed by atoms with Gasteiger partial charge in [-0.3, -0.25) is 9.59 Å². The Morgan fingerprint density at radius 2 is 2.04 bits per heavy atom. The van der Waals surface area contributed by atoms with Gasteiger partial charge in [0.05, 0.1) is 5.92 Å². The van der Waals surface area contributed by atoms with Crippen LogP contribution in [0.4, 0.5) is 0 Å². The minimum absolute atomic E-state index is 0.0778. The lowest BCUT2D eigenvalue weighted by atomic mass is 9.91. The van der Waals surface area contributed by atoms with E-state index in [1.54, 1.807) is 0 Å². The number of nitrogens with one attached hydrogen (secondary N) is 1. The number of amides is 2. The molecule has 0 saturated carbocycles. The van der Waals surface area contributed by atoms with E-state index >= 15 is 0 Å². The second-order valence-electron chi connectivity index (χ2n) is 7.87. The molecule has 2 amide bonds. The van der Waals surface area contributed by atoms with Gasteiger partial charge in [0.2, 0.25) is 11.8 Å². The molecule has 1 aromatic rings. The topological polar surface area (TPSA) is 49.4 Å². The number of aryl methyl sites for hydroxylation is 1. The third-order valence-electron chi connectivity index (χ3n) is 4.52. The summed E-state index contributed by atoms with van der Waals surface area (Å²) >= 11 is 0. The first kappa shape index (κ1) is 18.5. The lowest BCUT2D eigenvalue weighted by Gasteiger charge is -2.35. The summed E-state index contributed by atoms with van der Waals surface area (Å²) in [6, 6.07) is 8.36. The molecule has 0 spiro atoms. The highest BCUT2D eigenvalue weighted by Crippen LogP contribution is 2.23. The highest BCUT2D eigenvalue weighted by molar-refractivity contribution is 5.83. The highest BCUT2D eigenvalue weighted by Gasteiger charge is 2.33. The summed E-state index contributed by atoms with van der Waals surface area (Å²) in [5.41, 5.74) is 2.09. The molecule has 132 valence electrons. The average molecular weight is 330 g/mol. The number of nitrogens with zero attached hydrogens (tertiary/aromatic N) is 1. The number of hydrogen-bond acceptors (Lipinski definition) is 2. The van der Waals surface area contributed by atoms with Gasteiger partial charge in [-0.1, -0.05) is 50.6 Å². The van der Waals surface area contributed by atoms with Crippen molar-refractivity contribution in [3.63, 3.8) is 0 Å². The van der Waals surface area contributed by atoms with Gasteiger partial charge in [-0.25, -0.2) is 0 Å². The molecule has 1 heterocycles. The monoisotopic (exact) mass is 330 g/mol. The standard InChI is InChI=1S/C20H30N2O2/c1-15-7-5-8-16(13-15)10-11-21-18(23)17-9-6-12-22(14-17)19(24)20(2,3)4/h5,7-8,13,17H,6,9-12,14H2,1-4H3,(H,21,23). The minimum Gasteiger partial charge on any atom is -0.355 e. The Balaban J connectivity index is 1.82. The molecule has 1 aliphatic rings. The number of carbonyl (C=O) groups is 2. The molecule has 2 rings (SSSR count). The second-order valence-corrected chi connectivity index (χ2v) is 7.87. The van der Waals surface area contributed by atoms with Crippen molar-refractivity contribution >= 4 is 11.8 Å². The van der Waals surface area contributed by atoms with E-state index in [9.17, 15) is 9.59 Å². The number of hydrogen-bond donors (Lipinski definition) is 1. The zero-order chi connectivity index (χ0) is 17.7. The van der Waals surface area contributed by atoms with Crippen LogP contribution in [-0.4, -0.2) is 36.3 Å². The lowest BCUT2D eigenvalue weighted by Crippen LogP contribution is -2.48. The maximum atomic E-state index is 12.4. The normalized spacial score (nSPS) is 18.3. The summed E-state index contributed by atoms with van der Waals surface area (Å²) in [5.74, 6) is 0.136. The van der Waals surface area contributed by atoms with Gasteiger partial charge in [0.25, 0.3) is 0 Å². The molecule has 1 aromatic carbocycles. The van der Waals surface area contributed by atoms with E-state index in [4.69, 9.17) is 0 Å². The molecule has 1 N–H and O–H groups in total. The molecule has 1 unspecified atom stereocenters. The van der Waals surface area contributed by atoms with Crippen LogP contribution in [0.3, 0.4) is 0 Å². The highest BCUT2D eigenvalue weighted by atomic mass is 16.2. The smallest absolute Gasteiger partial charge is 0.227 e. The van der Waals surface area contributed by atoms with Gasteiger partial charge < -0.3 is 10.2 Å². The molecule has 1 saturated heterocycles. The summed E-state index contributed by atoms with van der Waals surface area (Å²) in [6.45, 7) is 9.83. The fraction of sp³-hybridized carbons (Fsp3) is 0.600. The predicted octanol–water partition coefficient (Wildman–Crippen LogP) is 2.94.